The molecule has 2 aromatic carbocycles. The molecule has 64 heavy (non-hydrogen) atoms. The Morgan fingerprint density at radius 3 is 1.73 bits per heavy atom. The van der Waals surface area contributed by atoms with Crippen LogP contribution in [0.2, 0.25) is 10.0 Å². The lowest BCUT2D eigenvalue weighted by Crippen LogP contribution is -2.41. The SMILES string of the molecule is Brc1cccs1.CC1(C)OB(c2cccs2)OC1(C)C.O=C(Nc1cccc(Cl)c1)N1CCc2[nH]nc(-c3cccs3)c2C1.O=C(Nc1cccc(Cl)c1)N1CCc2[nH]nc(Br)c2C1. The van der Waals surface area contributed by atoms with Gasteiger partial charge in [-0.25, -0.2) is 9.59 Å². The second-order valence-electron chi connectivity index (χ2n) is 15.7. The quantitative estimate of drug-likeness (QED) is 0.129. The summed E-state index contributed by atoms with van der Waals surface area (Å²) in [7, 11) is -0.194. The van der Waals surface area contributed by atoms with Gasteiger partial charge in [0, 0.05) is 74.6 Å². The van der Waals surface area contributed by atoms with Crippen molar-refractivity contribution in [1.82, 2.24) is 30.2 Å². The number of anilines is 2. The summed E-state index contributed by atoms with van der Waals surface area (Å²) < 4.78 is 14.9. The fourth-order valence-corrected chi connectivity index (χ4v) is 9.87. The van der Waals surface area contributed by atoms with Gasteiger partial charge >= 0.3 is 19.2 Å². The van der Waals surface area contributed by atoms with Gasteiger partial charge in [0.1, 0.15) is 10.3 Å². The zero-order valence-electron chi connectivity index (χ0n) is 35.3. The van der Waals surface area contributed by atoms with Crippen molar-refractivity contribution < 1.29 is 18.9 Å². The van der Waals surface area contributed by atoms with Crippen LogP contribution in [0.15, 0.2) is 109 Å². The van der Waals surface area contributed by atoms with Gasteiger partial charge in [-0.05, 0) is 124 Å². The number of rotatable bonds is 4. The summed E-state index contributed by atoms with van der Waals surface area (Å²) in [6.45, 7) is 10.7. The Kier molecular flexibility index (Phi) is 16.2. The van der Waals surface area contributed by atoms with Crippen molar-refractivity contribution in [1.29, 1.82) is 0 Å². The minimum Gasteiger partial charge on any atom is -0.399 e. The van der Waals surface area contributed by atoms with Crippen LogP contribution in [0.1, 0.15) is 50.2 Å². The molecule has 12 nitrogen and oxygen atoms in total. The van der Waals surface area contributed by atoms with Crippen LogP contribution in [0.4, 0.5) is 21.0 Å². The number of nitrogens with zero attached hydrogens (tertiary/aromatic N) is 4. The summed E-state index contributed by atoms with van der Waals surface area (Å²) in [4.78, 5) is 29.5. The van der Waals surface area contributed by atoms with E-state index in [1.54, 1.807) is 74.1 Å². The van der Waals surface area contributed by atoms with Gasteiger partial charge in [-0.2, -0.15) is 21.5 Å². The van der Waals surface area contributed by atoms with Crippen LogP contribution < -0.4 is 15.4 Å². The van der Waals surface area contributed by atoms with Crippen LogP contribution in [0, 0.1) is 0 Å². The highest BCUT2D eigenvalue weighted by Crippen LogP contribution is 2.37. The number of urea groups is 2. The van der Waals surface area contributed by atoms with Gasteiger partial charge in [-0.15, -0.1) is 22.7 Å². The van der Waals surface area contributed by atoms with Crippen molar-refractivity contribution in [2.45, 2.75) is 64.8 Å². The van der Waals surface area contributed by atoms with Crippen LogP contribution in [-0.4, -0.2) is 73.7 Å². The first-order chi connectivity index (χ1) is 30.7. The van der Waals surface area contributed by atoms with Gasteiger partial charge in [0.2, 0.25) is 0 Å². The molecule has 1 fully saturated rings. The molecule has 4 N–H and O–H groups in total. The first-order valence-electron chi connectivity index (χ1n) is 20.2. The van der Waals surface area contributed by atoms with Crippen molar-refractivity contribution >= 4 is 124 Å². The maximum Gasteiger partial charge on any atom is 0.505 e. The number of fused-ring (bicyclic) bond motifs is 2. The van der Waals surface area contributed by atoms with E-state index in [2.05, 4.69) is 90.6 Å². The number of H-pyrrole nitrogens is 2. The molecule has 0 atom stereocenters. The molecule has 0 bridgehead atoms. The molecule has 10 rings (SSSR count). The van der Waals surface area contributed by atoms with Gasteiger partial charge in [0.25, 0.3) is 0 Å². The Balaban J connectivity index is 0.000000138. The molecule has 5 aromatic heterocycles. The molecule has 0 radical (unpaired) electrons. The average Bonchev–Trinajstić information content (AvgIpc) is 4.13. The van der Waals surface area contributed by atoms with E-state index in [9.17, 15) is 9.59 Å². The Bertz CT molecular complexity index is 2610. The highest BCUT2D eigenvalue weighted by molar-refractivity contribution is 9.11. The van der Waals surface area contributed by atoms with Crippen molar-refractivity contribution in [3.05, 3.63) is 142 Å². The van der Waals surface area contributed by atoms with Crippen LogP contribution in [0.25, 0.3) is 10.6 Å². The normalized spacial score (nSPS) is 15.6. The van der Waals surface area contributed by atoms with E-state index in [4.69, 9.17) is 32.5 Å². The minimum atomic E-state index is -0.234. The highest BCUT2D eigenvalue weighted by Gasteiger charge is 2.52. The lowest BCUT2D eigenvalue weighted by molar-refractivity contribution is 0.00578. The van der Waals surface area contributed by atoms with Gasteiger partial charge < -0.3 is 29.7 Å². The molecule has 0 unspecified atom stereocenters. The third kappa shape index (κ3) is 12.3. The second kappa shape index (κ2) is 21.6. The Hall–Kier alpha value is -3.98. The third-order valence-corrected chi connectivity index (χ3v) is 15.2. The fraction of sp³-hybridized carbons (Fsp3) is 0.273. The van der Waals surface area contributed by atoms with Gasteiger partial charge in [-0.1, -0.05) is 59.6 Å². The zero-order valence-corrected chi connectivity index (χ0v) is 42.4. The first kappa shape index (κ1) is 48.0. The number of thiophene rings is 3. The number of carbonyl (C=O) groups is 2. The Labute approximate surface area is 411 Å². The van der Waals surface area contributed by atoms with E-state index >= 15 is 0 Å². The van der Waals surface area contributed by atoms with Crippen molar-refractivity contribution in [2.24, 2.45) is 0 Å². The molecule has 334 valence electrons. The average molecular weight is 1090 g/mol. The lowest BCUT2D eigenvalue weighted by Gasteiger charge is -2.32. The molecule has 3 aliphatic heterocycles. The van der Waals surface area contributed by atoms with Crippen molar-refractivity contribution in [3.63, 3.8) is 0 Å². The second-order valence-corrected chi connectivity index (χ2v) is 21.6. The summed E-state index contributed by atoms with van der Waals surface area (Å²) in [6.07, 6.45) is 1.55. The molecule has 20 heteroatoms. The van der Waals surface area contributed by atoms with Crippen LogP contribution in [0.5, 0.6) is 0 Å². The zero-order chi connectivity index (χ0) is 45.4. The largest absolute Gasteiger partial charge is 0.505 e. The number of benzene rings is 2. The molecule has 4 amide bonds. The molecule has 1 saturated heterocycles. The number of hydrogen-bond donors (Lipinski definition) is 4. The first-order valence-corrected chi connectivity index (χ1v) is 25.2. The van der Waals surface area contributed by atoms with Crippen molar-refractivity contribution in [2.75, 3.05) is 23.7 Å². The minimum absolute atomic E-state index is 0.124. The number of nitrogens with one attached hydrogen (secondary N) is 4. The monoisotopic (exact) mass is 1080 g/mol. The predicted octanol–water partition coefficient (Wildman–Crippen LogP) is 12.4. The number of carbonyl (C=O) groups excluding carboxylic acids is 2. The highest BCUT2D eigenvalue weighted by atomic mass is 79.9. The van der Waals surface area contributed by atoms with E-state index in [1.165, 1.54) is 3.79 Å². The number of aromatic amines is 2. The van der Waals surface area contributed by atoms with Crippen LogP contribution in [-0.2, 0) is 35.2 Å². The molecular formula is C44H45BBr2Cl2N8O4S3. The van der Waals surface area contributed by atoms with E-state index in [0.717, 1.165) is 55.3 Å². The number of amides is 4. The van der Waals surface area contributed by atoms with Gasteiger partial charge in [0.15, 0.2) is 0 Å². The molecule has 8 heterocycles. The molecule has 0 aliphatic carbocycles. The molecule has 7 aromatic rings. The molecular weight excluding hydrogens is 1040 g/mol. The van der Waals surface area contributed by atoms with E-state index in [-0.39, 0.29) is 30.4 Å². The van der Waals surface area contributed by atoms with Crippen LogP contribution in [0.3, 0.4) is 0 Å². The topological polar surface area (TPSA) is 140 Å². The Morgan fingerprint density at radius 1 is 0.703 bits per heavy atom. The number of aromatic nitrogens is 4. The molecule has 0 saturated carbocycles. The Morgan fingerprint density at radius 2 is 1.23 bits per heavy atom. The van der Waals surface area contributed by atoms with Gasteiger partial charge in [-0.3, -0.25) is 10.2 Å². The molecule has 0 spiro atoms. The molecule has 3 aliphatic rings. The van der Waals surface area contributed by atoms with E-state index in [0.29, 0.717) is 47.6 Å². The standard InChI is InChI=1S/C17H15ClN4OS.C13H12BrClN4O.C10H15BO2S.C4H3BrS/c18-11-3-1-4-12(9-11)19-17(23)22-7-6-14-13(10-22)16(21-20-14)15-5-2-8-24-15;14-12-10-7-19(5-4-11(10)17-18-12)13(20)16-9-3-1-2-8(15)6-9;1-9(2)10(3,4)13-11(12-9)8-6-5-7-14-8;5-4-2-1-3-6-4/h1-5,8-9H,6-7,10H2,(H,19,23)(H,20,21);1-3,6H,4-5,7H2,(H,16,20)(H,17,18);5-7H,1-4H3;1-3H. The smallest absolute Gasteiger partial charge is 0.399 e. The maximum absolute atomic E-state index is 12.6. The van der Waals surface area contributed by atoms with Gasteiger partial charge in [0.05, 0.1) is 33.0 Å². The summed E-state index contributed by atoms with van der Waals surface area (Å²) >= 11 is 23.6. The predicted molar refractivity (Wildman–Crippen MR) is 269 cm³/mol. The number of halogens is 4. The summed E-state index contributed by atoms with van der Waals surface area (Å²) in [6, 6.07) is 26.2. The summed E-state index contributed by atoms with van der Waals surface area (Å²) in [5.74, 6) is 0. The van der Waals surface area contributed by atoms with E-state index in [1.807, 2.05) is 70.7 Å². The third-order valence-electron chi connectivity index (χ3n) is 10.8. The fourth-order valence-electron chi connectivity index (χ4n) is 6.70. The maximum atomic E-state index is 12.6. The summed E-state index contributed by atoms with van der Waals surface area (Å²) in [5.41, 5.74) is 6.21. The summed E-state index contributed by atoms with van der Waals surface area (Å²) in [5, 5.41) is 27.7. The lowest BCUT2D eigenvalue weighted by atomic mass is 9.88. The van der Waals surface area contributed by atoms with Crippen LogP contribution >= 0.6 is 89.1 Å². The van der Waals surface area contributed by atoms with Crippen molar-refractivity contribution in [3.8, 4) is 10.6 Å². The number of hydrogen-bond acceptors (Lipinski definition) is 9. The van der Waals surface area contributed by atoms with E-state index < -0.39 is 0 Å².